The molecule has 0 bridgehead atoms. The lowest BCUT2D eigenvalue weighted by molar-refractivity contribution is -0.140. The van der Waals surface area contributed by atoms with E-state index in [9.17, 15) is 18.0 Å². The quantitative estimate of drug-likeness (QED) is 0.330. The summed E-state index contributed by atoms with van der Waals surface area (Å²) in [7, 11) is 0. The Morgan fingerprint density at radius 3 is 2.40 bits per heavy atom. The van der Waals surface area contributed by atoms with E-state index in [1.165, 1.54) is 4.40 Å². The number of carbonyl (C=O) groups is 1. The molecule has 6 nitrogen and oxygen atoms in total. The number of nitrogens with one attached hydrogen (secondary N) is 2. The third-order valence-electron chi connectivity index (χ3n) is 6.25. The average molecular weight is 489 g/mol. The van der Waals surface area contributed by atoms with Gasteiger partial charge in [0.1, 0.15) is 17.0 Å². The fraction of sp³-hybridized carbons (Fsp3) is 0.385. The number of carbonyl (C=O) groups excluding carboxylic acids is 1. The maximum Gasteiger partial charge on any atom is 0.434 e. The van der Waals surface area contributed by atoms with Gasteiger partial charge >= 0.3 is 6.18 Å². The Kier molecular flexibility index (Phi) is 7.47. The van der Waals surface area contributed by atoms with E-state index in [1.807, 2.05) is 31.2 Å². The van der Waals surface area contributed by atoms with Crippen LogP contribution < -0.4 is 10.6 Å². The monoisotopic (exact) mass is 488 g/mol. The first-order valence-electron chi connectivity index (χ1n) is 10.9. The second-order valence-corrected chi connectivity index (χ2v) is 8.48. The topological polar surface area (TPSA) is 71.6 Å². The molecule has 1 saturated carbocycles. The van der Waals surface area contributed by atoms with Gasteiger partial charge in [0, 0.05) is 29.2 Å². The van der Waals surface area contributed by atoms with Gasteiger partial charge in [0.15, 0.2) is 11.5 Å². The second-order valence-electron chi connectivity index (χ2n) is 8.48. The van der Waals surface area contributed by atoms with E-state index in [4.69, 9.17) is 4.42 Å². The Morgan fingerprint density at radius 2 is 1.71 bits per heavy atom. The van der Waals surface area contributed by atoms with Crippen LogP contribution >= 0.6 is 0 Å². The minimum absolute atomic E-state index is 0. The first-order chi connectivity index (χ1) is 15.8. The number of aromatic nitrogens is 2. The van der Waals surface area contributed by atoms with Crippen molar-refractivity contribution >= 4 is 28.3 Å². The molecule has 35 heavy (non-hydrogen) atoms. The van der Waals surface area contributed by atoms with Crippen LogP contribution in [0.15, 0.2) is 53.1 Å². The molecule has 0 unspecified atom stereocenters. The number of nitrogens with zero attached hydrogens (tertiary/aromatic N) is 2. The summed E-state index contributed by atoms with van der Waals surface area (Å²) in [5.41, 5.74) is 0.846. The summed E-state index contributed by atoms with van der Waals surface area (Å²) in [6.45, 7) is 1.88. The van der Waals surface area contributed by atoms with Crippen molar-refractivity contribution in [3.8, 4) is 0 Å². The molecule has 3 heterocycles. The van der Waals surface area contributed by atoms with Crippen molar-refractivity contribution in [3.05, 3.63) is 65.7 Å². The summed E-state index contributed by atoms with van der Waals surface area (Å²) in [6, 6.07) is 12.6. The smallest absolute Gasteiger partial charge is 0.434 e. The van der Waals surface area contributed by atoms with Gasteiger partial charge in [0.05, 0.1) is 0 Å². The van der Waals surface area contributed by atoms with Crippen LogP contribution in [0, 0.1) is 6.92 Å². The summed E-state index contributed by atoms with van der Waals surface area (Å²) in [6.07, 6.45) is -0.397. The van der Waals surface area contributed by atoms with Gasteiger partial charge in [-0.15, -0.1) is 0 Å². The highest BCUT2D eigenvalue weighted by atomic mass is 19.4. The highest BCUT2D eigenvalue weighted by molar-refractivity contribution is 5.99. The number of benzene rings is 1. The number of hydrogen-bond acceptors (Lipinski definition) is 4. The number of halogens is 3. The van der Waals surface area contributed by atoms with Crippen LogP contribution in [-0.4, -0.2) is 27.4 Å². The molecule has 5 rings (SSSR count). The number of imidazole rings is 1. The third-order valence-corrected chi connectivity index (χ3v) is 6.25. The van der Waals surface area contributed by atoms with E-state index in [1.54, 1.807) is 18.2 Å². The maximum absolute atomic E-state index is 13.0. The van der Waals surface area contributed by atoms with Crippen molar-refractivity contribution in [2.24, 2.45) is 0 Å². The standard InChI is InChI=1S/C24H23F3N4O2.2CH4/c1-14-17-5-2-3-6-18(17)33-22(14)23(32)29-16-11-9-15(10-12-16)28-20-7-4-8-21-30-19(13-31(20)21)24(25,26)27;;/h2-8,13,15-16,28H,9-12H2,1H3,(H,29,32);2*1H4. The van der Waals surface area contributed by atoms with Crippen molar-refractivity contribution in [3.63, 3.8) is 0 Å². The Labute approximate surface area is 202 Å². The van der Waals surface area contributed by atoms with Crippen molar-refractivity contribution in [2.45, 2.75) is 65.7 Å². The number of pyridine rings is 1. The molecular formula is C26H31F3N4O2. The second kappa shape index (κ2) is 10.0. The van der Waals surface area contributed by atoms with Crippen molar-refractivity contribution in [2.75, 3.05) is 5.32 Å². The van der Waals surface area contributed by atoms with Gasteiger partial charge in [0.2, 0.25) is 0 Å². The minimum Gasteiger partial charge on any atom is -0.451 e. The van der Waals surface area contributed by atoms with E-state index in [-0.39, 0.29) is 38.5 Å². The molecule has 1 aliphatic carbocycles. The SMILES string of the molecule is C.C.Cc1c(C(=O)NC2CCC(Nc3cccc4nc(C(F)(F)F)cn34)CC2)oc2ccccc12. The number of fused-ring (bicyclic) bond motifs is 2. The number of furan rings is 1. The summed E-state index contributed by atoms with van der Waals surface area (Å²) >= 11 is 0. The number of para-hydroxylation sites is 1. The average Bonchev–Trinajstić information content (AvgIpc) is 3.38. The molecule has 0 spiro atoms. The third kappa shape index (κ3) is 5.13. The molecule has 4 aromatic rings. The van der Waals surface area contributed by atoms with E-state index in [0.29, 0.717) is 17.2 Å². The molecule has 9 heteroatoms. The van der Waals surface area contributed by atoms with Crippen LogP contribution in [0.5, 0.6) is 0 Å². The summed E-state index contributed by atoms with van der Waals surface area (Å²) in [5.74, 6) is 0.688. The van der Waals surface area contributed by atoms with Gasteiger partial charge in [-0.3, -0.25) is 9.20 Å². The van der Waals surface area contributed by atoms with Crippen LogP contribution in [0.2, 0.25) is 0 Å². The molecule has 0 saturated heterocycles. The highest BCUT2D eigenvalue weighted by Crippen LogP contribution is 2.30. The van der Waals surface area contributed by atoms with E-state index >= 15 is 0 Å². The summed E-state index contributed by atoms with van der Waals surface area (Å²) < 4.78 is 46.3. The first-order valence-corrected chi connectivity index (χ1v) is 10.9. The van der Waals surface area contributed by atoms with Crippen LogP contribution in [0.3, 0.4) is 0 Å². The molecule has 2 N–H and O–H groups in total. The van der Waals surface area contributed by atoms with Crippen LogP contribution in [0.4, 0.5) is 19.0 Å². The largest absolute Gasteiger partial charge is 0.451 e. The predicted octanol–water partition coefficient (Wildman–Crippen LogP) is 6.83. The Balaban J connectivity index is 0.00000171. The summed E-state index contributed by atoms with van der Waals surface area (Å²) in [5, 5.41) is 7.34. The Morgan fingerprint density at radius 1 is 1.03 bits per heavy atom. The number of anilines is 1. The zero-order chi connectivity index (χ0) is 23.2. The number of hydrogen-bond donors (Lipinski definition) is 2. The number of aryl methyl sites for hydroxylation is 1. The highest BCUT2D eigenvalue weighted by Gasteiger charge is 2.34. The van der Waals surface area contributed by atoms with E-state index in [2.05, 4.69) is 15.6 Å². The van der Waals surface area contributed by atoms with Crippen LogP contribution in [-0.2, 0) is 6.18 Å². The Bertz CT molecular complexity index is 1320. The molecule has 1 aromatic carbocycles. The Hall–Kier alpha value is -3.49. The number of amides is 1. The fourth-order valence-electron chi connectivity index (χ4n) is 4.50. The first kappa shape index (κ1) is 26.1. The van der Waals surface area contributed by atoms with Gasteiger partial charge in [-0.25, -0.2) is 4.98 Å². The molecule has 1 amide bonds. The molecule has 188 valence electrons. The van der Waals surface area contributed by atoms with Gasteiger partial charge in [0.25, 0.3) is 5.91 Å². The predicted molar refractivity (Wildman–Crippen MR) is 132 cm³/mol. The molecule has 1 fully saturated rings. The van der Waals surface area contributed by atoms with Gasteiger partial charge in [-0.1, -0.05) is 39.1 Å². The molecule has 0 radical (unpaired) electrons. The van der Waals surface area contributed by atoms with Gasteiger partial charge in [-0.2, -0.15) is 13.2 Å². The fourth-order valence-corrected chi connectivity index (χ4v) is 4.50. The molecule has 0 aliphatic heterocycles. The normalized spacial score (nSPS) is 18.1. The molecule has 1 aliphatic rings. The lowest BCUT2D eigenvalue weighted by Crippen LogP contribution is -2.40. The van der Waals surface area contributed by atoms with Crippen LogP contribution in [0.25, 0.3) is 16.6 Å². The lowest BCUT2D eigenvalue weighted by atomic mass is 9.91. The number of alkyl halides is 3. The summed E-state index contributed by atoms with van der Waals surface area (Å²) in [4.78, 5) is 16.5. The van der Waals surface area contributed by atoms with Crippen LogP contribution in [0.1, 0.15) is 62.3 Å². The number of rotatable bonds is 4. The van der Waals surface area contributed by atoms with Crippen molar-refractivity contribution in [1.29, 1.82) is 0 Å². The molecular weight excluding hydrogens is 457 g/mol. The zero-order valence-corrected chi connectivity index (χ0v) is 17.9. The minimum atomic E-state index is -4.49. The van der Waals surface area contributed by atoms with Crippen molar-refractivity contribution in [1.82, 2.24) is 14.7 Å². The zero-order valence-electron chi connectivity index (χ0n) is 17.9. The molecule has 3 aromatic heterocycles. The van der Waals surface area contributed by atoms with Gasteiger partial charge < -0.3 is 15.1 Å². The van der Waals surface area contributed by atoms with Gasteiger partial charge in [-0.05, 0) is 50.8 Å². The lowest BCUT2D eigenvalue weighted by Gasteiger charge is -2.30. The maximum atomic E-state index is 13.0. The van der Waals surface area contributed by atoms with E-state index in [0.717, 1.165) is 42.8 Å². The van der Waals surface area contributed by atoms with E-state index < -0.39 is 11.9 Å². The van der Waals surface area contributed by atoms with Crippen molar-refractivity contribution < 1.29 is 22.4 Å². The molecule has 0 atom stereocenters.